The van der Waals surface area contributed by atoms with Gasteiger partial charge in [0.2, 0.25) is 0 Å². The predicted octanol–water partition coefficient (Wildman–Crippen LogP) is 4.85. The number of ether oxygens (including phenoxy) is 1. The second-order valence-electron chi connectivity index (χ2n) is 10.7. The van der Waals surface area contributed by atoms with Gasteiger partial charge in [0.15, 0.2) is 16.6 Å². The number of nitrogens with zero attached hydrogens (tertiary/aromatic N) is 6. The van der Waals surface area contributed by atoms with E-state index in [1.165, 1.54) is 10.6 Å². The van der Waals surface area contributed by atoms with Crippen LogP contribution in [0.15, 0.2) is 23.1 Å². The number of anilines is 1. The van der Waals surface area contributed by atoms with E-state index < -0.39 is 23.2 Å². The number of pyridine rings is 2. The van der Waals surface area contributed by atoms with Crippen molar-refractivity contribution in [1.29, 1.82) is 0 Å². The van der Waals surface area contributed by atoms with E-state index in [1.54, 1.807) is 17.2 Å². The van der Waals surface area contributed by atoms with Crippen molar-refractivity contribution in [3.05, 3.63) is 51.0 Å². The lowest BCUT2D eigenvalue weighted by Crippen LogP contribution is -2.55. The summed E-state index contributed by atoms with van der Waals surface area (Å²) >= 11 is 6.11. The molecule has 3 aromatic rings. The van der Waals surface area contributed by atoms with Crippen LogP contribution in [0.25, 0.3) is 16.7 Å². The highest BCUT2D eigenvalue weighted by Gasteiger charge is 2.32. The SMILES string of the molecule is Cc1ccnc(C(C)C)c1-n1c(=O)nc(N2CCN(C(=O)OC(C)(C)C)C[C@H]2C)c2cc(F)c(Cl)nc21. The second kappa shape index (κ2) is 9.89. The van der Waals surface area contributed by atoms with E-state index in [-0.39, 0.29) is 22.8 Å². The lowest BCUT2D eigenvalue weighted by molar-refractivity contribution is 0.0218. The molecule has 198 valence electrons. The van der Waals surface area contributed by atoms with Crippen molar-refractivity contribution in [3.63, 3.8) is 0 Å². The van der Waals surface area contributed by atoms with Gasteiger partial charge in [-0.1, -0.05) is 25.4 Å². The molecule has 0 aromatic carbocycles. The maximum atomic E-state index is 14.7. The van der Waals surface area contributed by atoms with Crippen LogP contribution in [0.4, 0.5) is 15.0 Å². The molecule has 0 saturated carbocycles. The number of piperazine rings is 1. The van der Waals surface area contributed by atoms with Crippen molar-refractivity contribution in [2.75, 3.05) is 24.5 Å². The number of halogens is 2. The molecule has 0 aliphatic carbocycles. The summed E-state index contributed by atoms with van der Waals surface area (Å²) in [5.41, 5.74) is 1.07. The van der Waals surface area contributed by atoms with E-state index in [0.717, 1.165) is 5.56 Å². The smallest absolute Gasteiger partial charge is 0.410 e. The molecule has 1 aliphatic heterocycles. The third-order valence-corrected chi connectivity index (χ3v) is 6.50. The largest absolute Gasteiger partial charge is 0.444 e. The summed E-state index contributed by atoms with van der Waals surface area (Å²) in [6.07, 6.45) is 1.29. The molecule has 1 fully saturated rings. The first-order valence-electron chi connectivity index (χ1n) is 12.3. The second-order valence-corrected chi connectivity index (χ2v) is 11.0. The molecule has 0 unspecified atom stereocenters. The molecule has 1 saturated heterocycles. The Morgan fingerprint density at radius 2 is 1.95 bits per heavy atom. The zero-order chi connectivity index (χ0) is 27.2. The minimum absolute atomic E-state index is 0.00778. The predicted molar refractivity (Wildman–Crippen MR) is 141 cm³/mol. The topological polar surface area (TPSA) is 93.5 Å². The first kappa shape index (κ1) is 26.8. The summed E-state index contributed by atoms with van der Waals surface area (Å²) in [4.78, 5) is 42.9. The molecule has 9 nitrogen and oxygen atoms in total. The summed E-state index contributed by atoms with van der Waals surface area (Å²) < 4.78 is 21.6. The van der Waals surface area contributed by atoms with Gasteiger partial charge in [-0.2, -0.15) is 4.98 Å². The van der Waals surface area contributed by atoms with Crippen LogP contribution in [-0.2, 0) is 4.74 Å². The van der Waals surface area contributed by atoms with Crippen LogP contribution < -0.4 is 10.6 Å². The lowest BCUT2D eigenvalue weighted by atomic mass is 10.0. The zero-order valence-corrected chi connectivity index (χ0v) is 22.9. The summed E-state index contributed by atoms with van der Waals surface area (Å²) in [5, 5.41) is 0.00487. The highest BCUT2D eigenvalue weighted by atomic mass is 35.5. The van der Waals surface area contributed by atoms with E-state index in [4.69, 9.17) is 16.3 Å². The Morgan fingerprint density at radius 1 is 1.24 bits per heavy atom. The van der Waals surface area contributed by atoms with Crippen LogP contribution in [-0.4, -0.2) is 61.8 Å². The van der Waals surface area contributed by atoms with E-state index in [1.807, 2.05) is 53.4 Å². The third kappa shape index (κ3) is 5.25. The fourth-order valence-electron chi connectivity index (χ4n) is 4.55. The Hall–Kier alpha value is -3.27. The summed E-state index contributed by atoms with van der Waals surface area (Å²) in [6.45, 7) is 14.3. The van der Waals surface area contributed by atoms with Crippen LogP contribution in [0.2, 0.25) is 5.15 Å². The van der Waals surface area contributed by atoms with Gasteiger partial charge in [0.1, 0.15) is 11.4 Å². The summed E-state index contributed by atoms with van der Waals surface area (Å²) in [5.74, 6) is -0.411. The number of hydrogen-bond donors (Lipinski definition) is 0. The van der Waals surface area contributed by atoms with Crippen molar-refractivity contribution in [3.8, 4) is 5.69 Å². The number of carbonyl (C=O) groups excluding carboxylic acids is 1. The van der Waals surface area contributed by atoms with Crippen LogP contribution in [0, 0.1) is 12.7 Å². The molecule has 0 bridgehead atoms. The minimum Gasteiger partial charge on any atom is -0.444 e. The first-order chi connectivity index (χ1) is 17.3. The minimum atomic E-state index is -0.713. The van der Waals surface area contributed by atoms with Gasteiger partial charge in [0.25, 0.3) is 0 Å². The van der Waals surface area contributed by atoms with Crippen molar-refractivity contribution < 1.29 is 13.9 Å². The number of aryl methyl sites for hydroxylation is 1. The molecule has 11 heteroatoms. The Morgan fingerprint density at radius 3 is 2.57 bits per heavy atom. The van der Waals surface area contributed by atoms with Gasteiger partial charge < -0.3 is 14.5 Å². The quantitative estimate of drug-likeness (QED) is 0.447. The molecule has 3 aromatic heterocycles. The van der Waals surface area contributed by atoms with E-state index >= 15 is 0 Å². The fraction of sp³-hybridized carbons (Fsp3) is 0.500. The Balaban J connectivity index is 1.85. The highest BCUT2D eigenvalue weighted by molar-refractivity contribution is 6.30. The standard InChI is InChI=1S/C26H32ClFN6O3/c1-14(2)19-20(15(3)8-9-29-19)34-23-17(12-18(28)21(27)30-23)22(31-24(34)35)33-11-10-32(13-16(33)4)25(36)37-26(5,6)7/h8-9,12,14,16H,10-11,13H2,1-7H3/t16-/m1/s1. The van der Waals surface area contributed by atoms with Crippen LogP contribution >= 0.6 is 11.6 Å². The fourth-order valence-corrected chi connectivity index (χ4v) is 4.69. The van der Waals surface area contributed by atoms with Gasteiger partial charge in [0, 0.05) is 31.9 Å². The van der Waals surface area contributed by atoms with Crippen LogP contribution in [0.1, 0.15) is 58.7 Å². The molecule has 4 heterocycles. The van der Waals surface area contributed by atoms with Gasteiger partial charge in [-0.3, -0.25) is 4.98 Å². The van der Waals surface area contributed by atoms with E-state index in [2.05, 4.69) is 15.0 Å². The first-order valence-corrected chi connectivity index (χ1v) is 12.7. The molecule has 4 rings (SSSR count). The molecule has 1 amide bonds. The molecule has 0 N–H and O–H groups in total. The molecule has 0 radical (unpaired) electrons. The molecule has 1 aliphatic rings. The van der Waals surface area contributed by atoms with Gasteiger partial charge >= 0.3 is 11.8 Å². The Labute approximate surface area is 220 Å². The van der Waals surface area contributed by atoms with Crippen LogP contribution in [0.5, 0.6) is 0 Å². The molecule has 37 heavy (non-hydrogen) atoms. The monoisotopic (exact) mass is 530 g/mol. The van der Waals surface area contributed by atoms with Gasteiger partial charge in [-0.05, 0) is 58.2 Å². The summed E-state index contributed by atoms with van der Waals surface area (Å²) in [7, 11) is 0. The number of fused-ring (bicyclic) bond motifs is 1. The van der Waals surface area contributed by atoms with Gasteiger partial charge in [0.05, 0.1) is 16.8 Å². The number of aromatic nitrogens is 4. The Kier molecular flexibility index (Phi) is 7.16. The van der Waals surface area contributed by atoms with E-state index in [0.29, 0.717) is 42.2 Å². The average molecular weight is 531 g/mol. The van der Waals surface area contributed by atoms with Crippen LogP contribution in [0.3, 0.4) is 0 Å². The highest BCUT2D eigenvalue weighted by Crippen LogP contribution is 2.32. The van der Waals surface area contributed by atoms with Gasteiger partial charge in [-0.15, -0.1) is 0 Å². The average Bonchev–Trinajstić information content (AvgIpc) is 2.79. The number of rotatable bonds is 3. The maximum Gasteiger partial charge on any atom is 0.410 e. The zero-order valence-electron chi connectivity index (χ0n) is 22.2. The van der Waals surface area contributed by atoms with Crippen molar-refractivity contribution in [1.82, 2.24) is 24.4 Å². The number of carbonyl (C=O) groups is 1. The third-order valence-electron chi connectivity index (χ3n) is 6.23. The molecule has 1 atom stereocenters. The summed E-state index contributed by atoms with van der Waals surface area (Å²) in [6, 6.07) is 2.84. The normalized spacial score (nSPS) is 16.5. The molecular formula is C26H32ClFN6O3. The Bertz CT molecular complexity index is 1420. The molecule has 0 spiro atoms. The lowest BCUT2D eigenvalue weighted by Gasteiger charge is -2.41. The van der Waals surface area contributed by atoms with E-state index in [9.17, 15) is 14.0 Å². The van der Waals surface area contributed by atoms with Crippen molar-refractivity contribution >= 4 is 34.5 Å². The van der Waals surface area contributed by atoms with Crippen molar-refractivity contribution in [2.24, 2.45) is 0 Å². The van der Waals surface area contributed by atoms with Crippen molar-refractivity contribution in [2.45, 2.75) is 66.0 Å². The number of amides is 1. The maximum absolute atomic E-state index is 14.7. The molecular weight excluding hydrogens is 499 g/mol. The number of hydrogen-bond acceptors (Lipinski definition) is 7. The van der Waals surface area contributed by atoms with Gasteiger partial charge in [-0.25, -0.2) is 23.5 Å².